The van der Waals surface area contributed by atoms with Crippen LogP contribution >= 0.6 is 0 Å². The number of halogens is 3. The second-order valence-corrected chi connectivity index (χ2v) is 8.81. The van der Waals surface area contributed by atoms with E-state index < -0.39 is 12.4 Å². The van der Waals surface area contributed by atoms with Crippen molar-refractivity contribution in [3.8, 4) is 5.75 Å². The van der Waals surface area contributed by atoms with Crippen LogP contribution in [-0.2, 0) is 11.3 Å². The van der Waals surface area contributed by atoms with Crippen LogP contribution in [0.2, 0.25) is 0 Å². The zero-order valence-electron chi connectivity index (χ0n) is 19.4. The predicted molar refractivity (Wildman–Crippen MR) is 125 cm³/mol. The molecule has 0 aliphatic carbocycles. The Morgan fingerprint density at radius 2 is 1.97 bits per heavy atom. The van der Waals surface area contributed by atoms with E-state index in [4.69, 9.17) is 14.7 Å². The molecule has 2 aliphatic rings. The van der Waals surface area contributed by atoms with Gasteiger partial charge < -0.3 is 19.7 Å². The van der Waals surface area contributed by atoms with Crippen LogP contribution in [0.25, 0.3) is 11.0 Å². The standard InChI is InChI=1S/C24H27F3N6O2/c1-15-10-20-21(12-28-15)31-23(22(30-20)29-17-4-9-34-14-17)33-7-5-32(6-8-33)13-16-2-3-18(11-19(16)25)35-24(26)27/h2-3,10-12,17,24H,4-9,13-14H2,1H3,(H,29,30). The molecule has 35 heavy (non-hydrogen) atoms. The van der Waals surface area contributed by atoms with Gasteiger partial charge in [0.25, 0.3) is 0 Å². The van der Waals surface area contributed by atoms with E-state index in [0.29, 0.717) is 44.9 Å². The largest absolute Gasteiger partial charge is 0.435 e. The highest BCUT2D eigenvalue weighted by atomic mass is 19.3. The lowest BCUT2D eigenvalue weighted by Crippen LogP contribution is -2.46. The molecule has 2 aliphatic heterocycles. The SMILES string of the molecule is Cc1cc2nc(NC3CCOC3)c(N3CCN(Cc4ccc(OC(F)F)cc4F)CC3)nc2cn1. The average molecular weight is 489 g/mol. The van der Waals surface area contributed by atoms with E-state index in [2.05, 4.69) is 24.8 Å². The Hall–Kier alpha value is -3.18. The lowest BCUT2D eigenvalue weighted by molar-refractivity contribution is -0.0500. The summed E-state index contributed by atoms with van der Waals surface area (Å²) >= 11 is 0. The Morgan fingerprint density at radius 3 is 2.69 bits per heavy atom. The first-order valence-electron chi connectivity index (χ1n) is 11.6. The monoisotopic (exact) mass is 488 g/mol. The van der Waals surface area contributed by atoms with Crippen LogP contribution in [0.3, 0.4) is 0 Å². The number of alkyl halides is 2. The zero-order chi connectivity index (χ0) is 24.4. The third kappa shape index (κ3) is 5.57. The molecule has 5 rings (SSSR count). The minimum atomic E-state index is -2.98. The van der Waals surface area contributed by atoms with Gasteiger partial charge in [-0.25, -0.2) is 14.4 Å². The number of pyridine rings is 1. The van der Waals surface area contributed by atoms with E-state index in [1.54, 1.807) is 6.20 Å². The van der Waals surface area contributed by atoms with Gasteiger partial charge in [-0.05, 0) is 25.5 Å². The zero-order valence-corrected chi connectivity index (χ0v) is 19.4. The number of nitrogens with zero attached hydrogens (tertiary/aromatic N) is 5. The molecule has 2 saturated heterocycles. The van der Waals surface area contributed by atoms with Crippen LogP contribution < -0.4 is 15.0 Å². The minimum Gasteiger partial charge on any atom is -0.435 e. The summed E-state index contributed by atoms with van der Waals surface area (Å²) in [6.07, 6.45) is 2.65. The quantitative estimate of drug-likeness (QED) is 0.541. The molecule has 4 heterocycles. The average Bonchev–Trinajstić information content (AvgIpc) is 3.34. The number of nitrogens with one attached hydrogen (secondary N) is 1. The number of ether oxygens (including phenoxy) is 2. The first kappa shape index (κ1) is 23.6. The Kier molecular flexibility index (Phi) is 6.87. The molecule has 0 spiro atoms. The number of benzene rings is 1. The third-order valence-electron chi connectivity index (χ3n) is 6.25. The fraction of sp³-hybridized carbons (Fsp3) is 0.458. The molecule has 11 heteroatoms. The summed E-state index contributed by atoms with van der Waals surface area (Å²) in [4.78, 5) is 18.4. The highest BCUT2D eigenvalue weighted by molar-refractivity contribution is 5.80. The Labute approximate surface area is 201 Å². The lowest BCUT2D eigenvalue weighted by Gasteiger charge is -2.36. The van der Waals surface area contributed by atoms with Gasteiger partial charge in [0.1, 0.15) is 17.1 Å². The van der Waals surface area contributed by atoms with Gasteiger partial charge >= 0.3 is 6.61 Å². The summed E-state index contributed by atoms with van der Waals surface area (Å²) in [5.74, 6) is 0.763. The van der Waals surface area contributed by atoms with Crippen LogP contribution in [-0.4, -0.2) is 71.9 Å². The van der Waals surface area contributed by atoms with Gasteiger partial charge in [0, 0.05) is 56.7 Å². The minimum absolute atomic E-state index is 0.182. The summed E-state index contributed by atoms with van der Waals surface area (Å²) in [6.45, 7) is 3.43. The number of hydrogen-bond donors (Lipinski definition) is 1. The van der Waals surface area contributed by atoms with Crippen molar-refractivity contribution in [3.05, 3.63) is 47.5 Å². The summed E-state index contributed by atoms with van der Waals surface area (Å²) in [6, 6.07) is 5.97. The maximum atomic E-state index is 14.4. The summed E-state index contributed by atoms with van der Waals surface area (Å²) in [7, 11) is 0. The molecular weight excluding hydrogens is 461 g/mol. The molecule has 1 N–H and O–H groups in total. The van der Waals surface area contributed by atoms with Gasteiger partial charge in [0.15, 0.2) is 11.6 Å². The molecule has 186 valence electrons. The maximum absolute atomic E-state index is 14.4. The molecule has 3 aromatic rings. The number of aromatic nitrogens is 3. The molecule has 1 atom stereocenters. The van der Waals surface area contributed by atoms with E-state index in [9.17, 15) is 13.2 Å². The Balaban J connectivity index is 1.29. The number of hydrogen-bond acceptors (Lipinski definition) is 8. The van der Waals surface area contributed by atoms with Crippen molar-refractivity contribution in [1.29, 1.82) is 0 Å². The van der Waals surface area contributed by atoms with Crippen molar-refractivity contribution in [3.63, 3.8) is 0 Å². The lowest BCUT2D eigenvalue weighted by atomic mass is 10.1. The van der Waals surface area contributed by atoms with Crippen molar-refractivity contribution < 1.29 is 22.6 Å². The molecule has 1 unspecified atom stereocenters. The Morgan fingerprint density at radius 1 is 1.14 bits per heavy atom. The maximum Gasteiger partial charge on any atom is 0.387 e. The van der Waals surface area contributed by atoms with Crippen LogP contribution in [0.15, 0.2) is 30.5 Å². The molecule has 2 fully saturated rings. The first-order chi connectivity index (χ1) is 16.9. The van der Waals surface area contributed by atoms with Gasteiger partial charge in [-0.1, -0.05) is 6.07 Å². The molecule has 0 amide bonds. The van der Waals surface area contributed by atoms with E-state index in [0.717, 1.165) is 47.5 Å². The summed E-state index contributed by atoms with van der Waals surface area (Å²) in [5, 5.41) is 3.51. The van der Waals surface area contributed by atoms with Crippen molar-refractivity contribution >= 4 is 22.7 Å². The Bertz CT molecular complexity index is 1180. The number of aryl methyl sites for hydroxylation is 1. The smallest absolute Gasteiger partial charge is 0.387 e. The molecule has 2 aromatic heterocycles. The number of anilines is 2. The number of rotatable bonds is 7. The van der Waals surface area contributed by atoms with Gasteiger partial charge in [-0.3, -0.25) is 9.88 Å². The number of piperazine rings is 1. The van der Waals surface area contributed by atoms with Gasteiger partial charge in [0.05, 0.1) is 24.4 Å². The molecular formula is C24H27F3N6O2. The first-order valence-corrected chi connectivity index (χ1v) is 11.6. The van der Waals surface area contributed by atoms with Crippen molar-refractivity contribution in [2.24, 2.45) is 0 Å². The van der Waals surface area contributed by atoms with E-state index in [-0.39, 0.29) is 11.8 Å². The van der Waals surface area contributed by atoms with Crippen LogP contribution in [0.4, 0.5) is 24.8 Å². The van der Waals surface area contributed by atoms with Gasteiger partial charge in [-0.2, -0.15) is 8.78 Å². The normalized spacial score (nSPS) is 19.0. The number of fused-ring (bicyclic) bond motifs is 1. The van der Waals surface area contributed by atoms with Crippen LogP contribution in [0.1, 0.15) is 17.7 Å². The van der Waals surface area contributed by atoms with Crippen molar-refractivity contribution in [2.75, 3.05) is 49.6 Å². The van der Waals surface area contributed by atoms with E-state index in [1.807, 2.05) is 13.0 Å². The third-order valence-corrected chi connectivity index (χ3v) is 6.25. The molecule has 0 bridgehead atoms. The second-order valence-electron chi connectivity index (χ2n) is 8.81. The van der Waals surface area contributed by atoms with Crippen LogP contribution in [0.5, 0.6) is 5.75 Å². The topological polar surface area (TPSA) is 75.6 Å². The van der Waals surface area contributed by atoms with Gasteiger partial charge in [0.2, 0.25) is 0 Å². The fourth-order valence-corrected chi connectivity index (χ4v) is 4.40. The highest BCUT2D eigenvalue weighted by Crippen LogP contribution is 2.28. The molecule has 8 nitrogen and oxygen atoms in total. The fourth-order valence-electron chi connectivity index (χ4n) is 4.40. The predicted octanol–water partition coefficient (Wildman–Crippen LogP) is 3.60. The summed E-state index contributed by atoms with van der Waals surface area (Å²) < 4.78 is 48.9. The highest BCUT2D eigenvalue weighted by Gasteiger charge is 2.25. The molecule has 0 saturated carbocycles. The van der Waals surface area contributed by atoms with Gasteiger partial charge in [-0.15, -0.1) is 0 Å². The van der Waals surface area contributed by atoms with Crippen molar-refractivity contribution in [1.82, 2.24) is 19.9 Å². The van der Waals surface area contributed by atoms with E-state index in [1.165, 1.54) is 12.1 Å². The van der Waals surface area contributed by atoms with Crippen LogP contribution in [0, 0.1) is 12.7 Å². The van der Waals surface area contributed by atoms with E-state index >= 15 is 0 Å². The summed E-state index contributed by atoms with van der Waals surface area (Å²) in [5.41, 5.74) is 2.84. The second kappa shape index (κ2) is 10.2. The molecule has 1 aromatic carbocycles. The van der Waals surface area contributed by atoms with Crippen molar-refractivity contribution in [2.45, 2.75) is 32.5 Å². The molecule has 0 radical (unpaired) electrons.